The van der Waals surface area contributed by atoms with E-state index in [-0.39, 0.29) is 54.9 Å². The van der Waals surface area contributed by atoms with Gasteiger partial charge in [-0.15, -0.1) is 0 Å². The molecule has 0 aromatic heterocycles. The van der Waals surface area contributed by atoms with Crippen LogP contribution in [0.3, 0.4) is 0 Å². The molecule has 0 unspecified atom stereocenters. The van der Waals surface area contributed by atoms with E-state index in [1.807, 2.05) is 20.8 Å². The highest BCUT2D eigenvalue weighted by atomic mass is 16.5. The second-order valence-electron chi connectivity index (χ2n) is 12.9. The molecular formula is C32H53NO7. The highest BCUT2D eigenvalue weighted by Crippen LogP contribution is 2.45. The summed E-state index contributed by atoms with van der Waals surface area (Å²) in [6.45, 7) is 10.6. The number of carbonyl (C=O) groups excluding carboxylic acids is 2. The zero-order valence-electron chi connectivity index (χ0n) is 25.2. The second kappa shape index (κ2) is 15.8. The van der Waals surface area contributed by atoms with Crippen molar-refractivity contribution in [2.75, 3.05) is 6.54 Å². The molecule has 0 bridgehead atoms. The Morgan fingerprint density at radius 1 is 1.10 bits per heavy atom. The Balaban J connectivity index is 1.97. The molecular weight excluding hydrogens is 510 g/mol. The van der Waals surface area contributed by atoms with Crippen molar-refractivity contribution in [3.8, 4) is 0 Å². The molecule has 2 aliphatic rings. The maximum atomic E-state index is 13.0. The van der Waals surface area contributed by atoms with Crippen LogP contribution in [0.5, 0.6) is 0 Å². The fraction of sp³-hybridized carbons (Fsp3) is 0.781. The van der Waals surface area contributed by atoms with Crippen molar-refractivity contribution < 1.29 is 34.4 Å². The number of carboxylic acid groups (broad SMARTS) is 1. The largest absolute Gasteiger partial charge is 0.481 e. The smallest absolute Gasteiger partial charge is 0.311 e. The molecule has 0 aromatic carbocycles. The van der Waals surface area contributed by atoms with Crippen LogP contribution in [0.25, 0.3) is 0 Å². The zero-order valence-corrected chi connectivity index (χ0v) is 25.2. The van der Waals surface area contributed by atoms with Crippen LogP contribution in [-0.2, 0) is 19.1 Å². The molecule has 0 radical (unpaired) electrons. The van der Waals surface area contributed by atoms with Crippen molar-refractivity contribution in [2.45, 2.75) is 117 Å². The topological polar surface area (TPSA) is 147 Å². The molecule has 0 spiro atoms. The Morgan fingerprint density at radius 3 is 2.42 bits per heavy atom. The van der Waals surface area contributed by atoms with Crippen molar-refractivity contribution in [3.63, 3.8) is 0 Å². The summed E-state index contributed by atoms with van der Waals surface area (Å²) in [4.78, 5) is 36.9. The third kappa shape index (κ3) is 10.1. The number of allylic oxidation sites excluding steroid dienone is 3. The number of hydrogen-bond acceptors (Lipinski definition) is 7. The van der Waals surface area contributed by atoms with Gasteiger partial charge in [0.25, 0.3) is 0 Å². The summed E-state index contributed by atoms with van der Waals surface area (Å²) in [5.41, 5.74) is 6.11. The lowest BCUT2D eigenvalue weighted by Crippen LogP contribution is -2.43. The third-order valence-electron chi connectivity index (χ3n) is 8.96. The van der Waals surface area contributed by atoms with E-state index in [4.69, 9.17) is 10.5 Å². The number of aliphatic hydroxyl groups excluding tert-OH is 2. The van der Waals surface area contributed by atoms with Gasteiger partial charge in [-0.3, -0.25) is 14.4 Å². The van der Waals surface area contributed by atoms with Crippen molar-refractivity contribution >= 4 is 17.7 Å². The molecule has 0 heterocycles. The van der Waals surface area contributed by atoms with Gasteiger partial charge in [-0.1, -0.05) is 45.4 Å². The molecule has 0 saturated heterocycles. The molecule has 228 valence electrons. The van der Waals surface area contributed by atoms with E-state index in [9.17, 15) is 29.7 Å². The number of nitrogens with two attached hydrogens (primary N) is 1. The van der Waals surface area contributed by atoms with Gasteiger partial charge in [0.2, 0.25) is 0 Å². The number of hydrogen-bond donors (Lipinski definition) is 4. The number of ketones is 1. The molecule has 0 amide bonds. The van der Waals surface area contributed by atoms with E-state index >= 15 is 0 Å². The molecule has 0 aliphatic heterocycles. The maximum absolute atomic E-state index is 13.0. The van der Waals surface area contributed by atoms with Crippen LogP contribution in [0.4, 0.5) is 0 Å². The van der Waals surface area contributed by atoms with Gasteiger partial charge in [-0.05, 0) is 88.7 Å². The number of aliphatic hydroxyl groups is 2. The van der Waals surface area contributed by atoms with Gasteiger partial charge in [-0.2, -0.15) is 0 Å². The Hall–Kier alpha value is -2.03. The molecule has 0 saturated carbocycles. The van der Waals surface area contributed by atoms with E-state index in [0.29, 0.717) is 51.0 Å². The van der Waals surface area contributed by atoms with Gasteiger partial charge in [0, 0.05) is 18.8 Å². The monoisotopic (exact) mass is 563 g/mol. The van der Waals surface area contributed by atoms with E-state index < -0.39 is 29.5 Å². The first-order valence-corrected chi connectivity index (χ1v) is 15.2. The molecule has 8 heteroatoms. The van der Waals surface area contributed by atoms with Crippen LogP contribution < -0.4 is 5.73 Å². The molecule has 8 atom stereocenters. The van der Waals surface area contributed by atoms with Crippen LogP contribution in [0.2, 0.25) is 0 Å². The van der Waals surface area contributed by atoms with Gasteiger partial charge in [0.1, 0.15) is 11.9 Å². The number of fused-ring (bicyclic) bond motifs is 1. The summed E-state index contributed by atoms with van der Waals surface area (Å²) in [5, 5.41) is 30.6. The van der Waals surface area contributed by atoms with Crippen molar-refractivity contribution in [2.24, 2.45) is 40.7 Å². The number of esters is 1. The number of unbranched alkanes of at least 4 members (excludes halogenated alkanes) is 1. The number of aliphatic carboxylic acids is 1. The third-order valence-corrected chi connectivity index (χ3v) is 8.96. The lowest BCUT2D eigenvalue weighted by molar-refractivity contribution is -0.164. The van der Waals surface area contributed by atoms with Crippen LogP contribution in [0.15, 0.2) is 23.8 Å². The fourth-order valence-corrected chi connectivity index (χ4v) is 6.03. The van der Waals surface area contributed by atoms with Crippen molar-refractivity contribution in [3.05, 3.63) is 23.8 Å². The summed E-state index contributed by atoms with van der Waals surface area (Å²) in [5.74, 6) is -1.51. The maximum Gasteiger partial charge on any atom is 0.311 e. The van der Waals surface area contributed by atoms with Gasteiger partial charge in [0.05, 0.1) is 23.5 Å². The highest BCUT2D eigenvalue weighted by Gasteiger charge is 2.43. The van der Waals surface area contributed by atoms with E-state index in [0.717, 1.165) is 6.42 Å². The Kier molecular flexibility index (Phi) is 13.5. The van der Waals surface area contributed by atoms with E-state index in [1.165, 1.54) is 5.57 Å². The standard InChI is InChI=1S/C32H53NO7/c1-6-32(4,5)31(39)40-28-16-20(2)15-22-11-10-21(3)27(29(22)28)13-12-24(34)18-26(36)19-25(35)17-23(30(37)38)9-7-8-14-33/h10-11,15,20-21,23-24,26-29,34,36H,6-9,12-14,16-19,33H2,1-5H3,(H,37,38)/t20-,21-,23+,24+,26+,27-,28-,29-/m0/s1. The summed E-state index contributed by atoms with van der Waals surface area (Å²) in [7, 11) is 0. The average Bonchev–Trinajstić information content (AvgIpc) is 2.87. The molecule has 0 fully saturated rings. The minimum atomic E-state index is -1.03. The van der Waals surface area contributed by atoms with Crippen LogP contribution in [0, 0.1) is 35.0 Å². The summed E-state index contributed by atoms with van der Waals surface area (Å²) < 4.78 is 6.16. The zero-order chi connectivity index (χ0) is 30.0. The van der Waals surface area contributed by atoms with Gasteiger partial charge >= 0.3 is 11.9 Å². The van der Waals surface area contributed by atoms with Crippen LogP contribution >= 0.6 is 0 Å². The van der Waals surface area contributed by atoms with Crippen LogP contribution in [-0.4, -0.2) is 57.9 Å². The van der Waals surface area contributed by atoms with Crippen molar-refractivity contribution in [1.82, 2.24) is 0 Å². The Labute approximate surface area is 240 Å². The number of ether oxygens (including phenoxy) is 1. The fourth-order valence-electron chi connectivity index (χ4n) is 6.03. The Bertz CT molecular complexity index is 911. The minimum Gasteiger partial charge on any atom is -0.481 e. The minimum absolute atomic E-state index is 0.0544. The molecule has 2 rings (SSSR count). The summed E-state index contributed by atoms with van der Waals surface area (Å²) in [6.07, 6.45) is 8.66. The number of carbonyl (C=O) groups is 3. The summed E-state index contributed by atoms with van der Waals surface area (Å²) in [6, 6.07) is 0. The summed E-state index contributed by atoms with van der Waals surface area (Å²) >= 11 is 0. The molecule has 40 heavy (non-hydrogen) atoms. The lowest BCUT2D eigenvalue weighted by atomic mass is 9.65. The SMILES string of the molecule is CCC(C)(C)C(=O)O[C@H]1C[C@@H](C)C=C2C=C[C@H](C)[C@H](CC[C@@H](O)C[C@@H](O)CC(=O)C[C@@H](CCCCN)C(=O)O)[C@H]21. The number of rotatable bonds is 17. The normalized spacial score (nSPS) is 26.8. The lowest BCUT2D eigenvalue weighted by Gasteiger charge is -2.44. The van der Waals surface area contributed by atoms with E-state index in [2.05, 4.69) is 32.1 Å². The first-order valence-electron chi connectivity index (χ1n) is 15.2. The Morgan fingerprint density at radius 2 is 1.80 bits per heavy atom. The molecule has 8 nitrogen and oxygen atoms in total. The molecule has 2 aliphatic carbocycles. The predicted octanol–water partition coefficient (Wildman–Crippen LogP) is 4.81. The quantitative estimate of drug-likeness (QED) is 0.146. The first-order chi connectivity index (χ1) is 18.8. The van der Waals surface area contributed by atoms with Crippen LogP contribution in [0.1, 0.15) is 98.8 Å². The number of Topliss-reactive ketones (excluding diaryl/α,β-unsaturated/α-hetero) is 1. The predicted molar refractivity (Wildman–Crippen MR) is 155 cm³/mol. The van der Waals surface area contributed by atoms with Crippen molar-refractivity contribution in [1.29, 1.82) is 0 Å². The van der Waals surface area contributed by atoms with Gasteiger partial charge in [-0.25, -0.2) is 0 Å². The average molecular weight is 564 g/mol. The molecule has 0 aromatic rings. The number of carboxylic acids is 1. The first kappa shape index (κ1) is 34.2. The second-order valence-corrected chi connectivity index (χ2v) is 12.9. The van der Waals surface area contributed by atoms with Gasteiger partial charge in [0.15, 0.2) is 0 Å². The molecule has 5 N–H and O–H groups in total. The van der Waals surface area contributed by atoms with E-state index in [1.54, 1.807) is 0 Å². The highest BCUT2D eigenvalue weighted by molar-refractivity contribution is 5.84. The van der Waals surface area contributed by atoms with Gasteiger partial charge < -0.3 is 25.8 Å².